The molecule has 3 aromatic carbocycles. The van der Waals surface area contributed by atoms with Gasteiger partial charge in [0.25, 0.3) is 5.69 Å². The summed E-state index contributed by atoms with van der Waals surface area (Å²) in [5.74, 6) is -5.53. The minimum atomic E-state index is -2.21. The normalized spacial score (nSPS) is 23.2. The number of ketones is 2. The summed E-state index contributed by atoms with van der Waals surface area (Å²) >= 11 is 0. The summed E-state index contributed by atoms with van der Waals surface area (Å²) < 4.78 is 11.5. The number of nitro benzene ring substituents is 1. The van der Waals surface area contributed by atoms with Crippen LogP contribution in [-0.2, 0) is 14.3 Å². The predicted octanol–water partition coefficient (Wildman–Crippen LogP) is 3.61. The molecule has 2 saturated heterocycles. The molecule has 10 heteroatoms. The van der Waals surface area contributed by atoms with Gasteiger partial charge in [-0.3, -0.25) is 29.3 Å². The first-order chi connectivity index (χ1) is 18.2. The zero-order valence-electron chi connectivity index (χ0n) is 20.2. The van der Waals surface area contributed by atoms with Crippen LogP contribution in [0.5, 0.6) is 5.75 Å². The van der Waals surface area contributed by atoms with Gasteiger partial charge in [-0.25, -0.2) is 4.90 Å². The Morgan fingerprint density at radius 1 is 0.921 bits per heavy atom. The van der Waals surface area contributed by atoms with Crippen LogP contribution in [-0.4, -0.2) is 41.0 Å². The second-order valence-corrected chi connectivity index (χ2v) is 9.52. The lowest BCUT2D eigenvalue weighted by atomic mass is 9.77. The van der Waals surface area contributed by atoms with Crippen molar-refractivity contribution in [3.05, 3.63) is 99.1 Å². The number of amides is 2. The minimum Gasteiger partial charge on any atom is -0.494 e. The zero-order valence-corrected chi connectivity index (χ0v) is 20.2. The van der Waals surface area contributed by atoms with Crippen molar-refractivity contribution >= 4 is 34.8 Å². The Balaban J connectivity index is 1.54. The lowest BCUT2D eigenvalue weighted by Crippen LogP contribution is -2.51. The molecule has 2 heterocycles. The smallest absolute Gasteiger partial charge is 0.273 e. The van der Waals surface area contributed by atoms with Crippen LogP contribution in [0.3, 0.4) is 0 Å². The Kier molecular flexibility index (Phi) is 5.08. The van der Waals surface area contributed by atoms with Gasteiger partial charge in [-0.1, -0.05) is 54.1 Å². The molecule has 1 spiro atoms. The van der Waals surface area contributed by atoms with Gasteiger partial charge in [0.2, 0.25) is 29.0 Å². The Hall–Kier alpha value is -4.70. The van der Waals surface area contributed by atoms with Crippen molar-refractivity contribution in [3.8, 4) is 5.75 Å². The van der Waals surface area contributed by atoms with Gasteiger partial charge < -0.3 is 9.47 Å². The van der Waals surface area contributed by atoms with Crippen LogP contribution >= 0.6 is 0 Å². The first-order valence-electron chi connectivity index (χ1n) is 11.8. The van der Waals surface area contributed by atoms with Crippen LogP contribution in [0.15, 0.2) is 66.7 Å². The molecule has 6 rings (SSSR count). The molecule has 3 aliphatic rings. The number of anilines is 1. The zero-order chi connectivity index (χ0) is 26.9. The van der Waals surface area contributed by atoms with E-state index in [2.05, 4.69) is 0 Å². The Bertz CT molecular complexity index is 1540. The van der Waals surface area contributed by atoms with Gasteiger partial charge in [0.1, 0.15) is 5.75 Å². The molecule has 0 saturated carbocycles. The third-order valence-electron chi connectivity index (χ3n) is 7.54. The molecule has 3 unspecified atom stereocenters. The van der Waals surface area contributed by atoms with Crippen LogP contribution in [0.4, 0.5) is 11.4 Å². The van der Waals surface area contributed by atoms with Crippen molar-refractivity contribution in [2.24, 2.45) is 11.8 Å². The van der Waals surface area contributed by atoms with Crippen LogP contribution in [0.2, 0.25) is 0 Å². The maximum Gasteiger partial charge on any atom is 0.273 e. The lowest BCUT2D eigenvalue weighted by Gasteiger charge is -2.27. The average Bonchev–Trinajstić information content (AvgIpc) is 3.48. The number of aryl methyl sites for hydroxylation is 1. The third kappa shape index (κ3) is 2.97. The van der Waals surface area contributed by atoms with E-state index in [1.807, 2.05) is 19.1 Å². The molecule has 2 amide bonds. The first kappa shape index (κ1) is 23.7. The van der Waals surface area contributed by atoms with E-state index in [0.717, 1.165) is 22.6 Å². The van der Waals surface area contributed by atoms with E-state index < -0.39 is 51.8 Å². The van der Waals surface area contributed by atoms with E-state index in [1.165, 1.54) is 25.3 Å². The van der Waals surface area contributed by atoms with Gasteiger partial charge in [-0.2, -0.15) is 0 Å². The summed E-state index contributed by atoms with van der Waals surface area (Å²) in [5, 5.41) is 11.3. The van der Waals surface area contributed by atoms with Gasteiger partial charge in [-0.15, -0.1) is 0 Å². The van der Waals surface area contributed by atoms with Crippen molar-refractivity contribution in [2.45, 2.75) is 18.6 Å². The van der Waals surface area contributed by atoms with E-state index >= 15 is 0 Å². The number of carbonyl (C=O) groups is 4. The summed E-state index contributed by atoms with van der Waals surface area (Å²) in [4.78, 5) is 67.2. The number of benzene rings is 3. The van der Waals surface area contributed by atoms with Gasteiger partial charge in [0.15, 0.2) is 0 Å². The van der Waals surface area contributed by atoms with Gasteiger partial charge >= 0.3 is 0 Å². The van der Waals surface area contributed by atoms with Gasteiger partial charge in [0.05, 0.1) is 41.7 Å². The quantitative estimate of drug-likeness (QED) is 0.224. The second-order valence-electron chi connectivity index (χ2n) is 9.52. The molecule has 0 bridgehead atoms. The highest BCUT2D eigenvalue weighted by Gasteiger charge is 2.74. The maximum absolute atomic E-state index is 14.1. The number of hydrogen-bond acceptors (Lipinski definition) is 8. The fourth-order valence-electron chi connectivity index (χ4n) is 5.78. The molecule has 3 aromatic rings. The molecule has 3 atom stereocenters. The van der Waals surface area contributed by atoms with Crippen LogP contribution in [0.1, 0.15) is 37.9 Å². The highest BCUT2D eigenvalue weighted by Crippen LogP contribution is 2.58. The largest absolute Gasteiger partial charge is 0.494 e. The molecule has 0 N–H and O–H groups in total. The van der Waals surface area contributed by atoms with Crippen molar-refractivity contribution in [3.63, 3.8) is 0 Å². The number of nitro groups is 1. The highest BCUT2D eigenvalue weighted by atomic mass is 16.6. The van der Waals surface area contributed by atoms with E-state index in [-0.39, 0.29) is 28.3 Å². The summed E-state index contributed by atoms with van der Waals surface area (Å²) in [6.45, 7) is 1.89. The van der Waals surface area contributed by atoms with Gasteiger partial charge in [-0.05, 0) is 18.6 Å². The number of Topliss-reactive ketones (excluding diaryl/α,β-unsaturated/α-hetero) is 2. The van der Waals surface area contributed by atoms with E-state index in [9.17, 15) is 29.3 Å². The highest BCUT2D eigenvalue weighted by molar-refractivity contribution is 6.37. The number of fused-ring (bicyclic) bond motifs is 3. The van der Waals surface area contributed by atoms with E-state index in [4.69, 9.17) is 9.47 Å². The topological polar surface area (TPSA) is 133 Å². The maximum atomic E-state index is 14.1. The lowest BCUT2D eigenvalue weighted by molar-refractivity contribution is -0.384. The molecule has 38 heavy (non-hydrogen) atoms. The van der Waals surface area contributed by atoms with Crippen LogP contribution in [0.25, 0.3) is 0 Å². The number of hydrogen-bond donors (Lipinski definition) is 0. The summed E-state index contributed by atoms with van der Waals surface area (Å²) in [7, 11) is 1.26. The fourth-order valence-corrected chi connectivity index (χ4v) is 5.78. The number of carbonyl (C=O) groups excluding carboxylic acids is 4. The number of rotatable bonds is 4. The minimum absolute atomic E-state index is 0.0179. The standard InChI is InChI=1S/C28H20N2O8/c1-14-7-9-15(10-8-14)23-21-22(28(38-23)24(31)17-5-3-4-6-18(17)25(28)32)27(34)29(26(21)33)19-12-11-16(30(35)36)13-20(19)37-2/h3-13,21-23H,1-2H3. The fraction of sp³-hybridized carbons (Fsp3) is 0.214. The van der Waals surface area contributed by atoms with E-state index in [0.29, 0.717) is 5.56 Å². The second kappa shape index (κ2) is 8.15. The Labute approximate surface area is 215 Å². The summed E-state index contributed by atoms with van der Waals surface area (Å²) in [6, 6.07) is 16.8. The molecule has 2 aliphatic heterocycles. The molecule has 0 radical (unpaired) electrons. The van der Waals surface area contributed by atoms with E-state index in [1.54, 1.807) is 24.3 Å². The van der Waals surface area contributed by atoms with Crippen LogP contribution < -0.4 is 9.64 Å². The molecular formula is C28H20N2O8. The predicted molar refractivity (Wildman–Crippen MR) is 132 cm³/mol. The number of non-ortho nitro benzene ring substituents is 1. The third-order valence-corrected chi connectivity index (χ3v) is 7.54. The number of methoxy groups -OCH3 is 1. The molecule has 10 nitrogen and oxygen atoms in total. The SMILES string of the molecule is COc1cc([N+](=O)[O-])ccc1N1C(=O)C2C(c3ccc(C)cc3)OC3(C(=O)c4ccccc4C3=O)C2C1=O. The number of imide groups is 1. The first-order valence-corrected chi connectivity index (χ1v) is 11.8. The monoisotopic (exact) mass is 512 g/mol. The Morgan fingerprint density at radius 3 is 2.13 bits per heavy atom. The van der Waals surface area contributed by atoms with Crippen molar-refractivity contribution in [2.75, 3.05) is 12.0 Å². The Morgan fingerprint density at radius 2 is 1.55 bits per heavy atom. The number of nitrogens with zero attached hydrogens (tertiary/aromatic N) is 2. The molecule has 1 aliphatic carbocycles. The van der Waals surface area contributed by atoms with Crippen molar-refractivity contribution in [1.82, 2.24) is 0 Å². The van der Waals surface area contributed by atoms with Crippen molar-refractivity contribution < 1.29 is 33.6 Å². The molecular weight excluding hydrogens is 492 g/mol. The van der Waals surface area contributed by atoms with Gasteiger partial charge in [0, 0.05) is 17.2 Å². The van der Waals surface area contributed by atoms with Crippen molar-refractivity contribution in [1.29, 1.82) is 0 Å². The number of ether oxygens (including phenoxy) is 2. The molecule has 0 aromatic heterocycles. The molecule has 190 valence electrons. The molecule has 2 fully saturated rings. The summed E-state index contributed by atoms with van der Waals surface area (Å²) in [6.07, 6.45) is -1.06. The van der Waals surface area contributed by atoms with Crippen LogP contribution in [0, 0.1) is 28.9 Å². The average molecular weight is 512 g/mol. The summed E-state index contributed by atoms with van der Waals surface area (Å²) in [5.41, 5.74) is -0.768.